The van der Waals surface area contributed by atoms with Crippen molar-refractivity contribution in [1.29, 1.82) is 5.41 Å². The molecule has 0 spiro atoms. The zero-order valence-electron chi connectivity index (χ0n) is 13.4. The molecule has 0 heterocycles. The van der Waals surface area contributed by atoms with E-state index < -0.39 is 0 Å². The van der Waals surface area contributed by atoms with E-state index in [4.69, 9.17) is 5.41 Å². The molecule has 2 aromatic rings. The summed E-state index contributed by atoms with van der Waals surface area (Å²) in [5, 5.41) is 11.0. The van der Waals surface area contributed by atoms with Gasteiger partial charge in [0, 0.05) is 11.3 Å². The largest absolute Gasteiger partial charge is 0.305 e. The van der Waals surface area contributed by atoms with E-state index in [0.717, 1.165) is 37.0 Å². The molecule has 1 heteroatoms. The molecule has 2 aromatic carbocycles. The SMILES string of the molecule is CCCCC(=N)c1cc2ccccc2cc1C1=C(C)C=CC1. The van der Waals surface area contributed by atoms with Crippen molar-refractivity contribution >= 4 is 22.1 Å². The topological polar surface area (TPSA) is 23.9 Å². The highest BCUT2D eigenvalue weighted by molar-refractivity contribution is 6.06. The van der Waals surface area contributed by atoms with Crippen molar-refractivity contribution in [3.63, 3.8) is 0 Å². The smallest absolute Gasteiger partial charge is 0.0392 e. The van der Waals surface area contributed by atoms with Gasteiger partial charge < -0.3 is 5.41 Å². The zero-order valence-corrected chi connectivity index (χ0v) is 13.4. The molecule has 0 radical (unpaired) electrons. The summed E-state index contributed by atoms with van der Waals surface area (Å²) in [5.41, 5.74) is 5.85. The molecule has 0 bridgehead atoms. The summed E-state index contributed by atoms with van der Waals surface area (Å²) in [7, 11) is 0. The number of rotatable bonds is 5. The molecule has 0 aromatic heterocycles. The fourth-order valence-corrected chi connectivity index (χ4v) is 3.17. The van der Waals surface area contributed by atoms with Crippen molar-refractivity contribution in [1.82, 2.24) is 0 Å². The second kappa shape index (κ2) is 6.31. The van der Waals surface area contributed by atoms with Gasteiger partial charge in [0.2, 0.25) is 0 Å². The van der Waals surface area contributed by atoms with E-state index in [1.165, 1.54) is 27.5 Å². The first-order valence-electron chi connectivity index (χ1n) is 8.18. The normalized spacial score (nSPS) is 14.1. The molecule has 0 atom stereocenters. The van der Waals surface area contributed by atoms with Crippen LogP contribution in [0.25, 0.3) is 16.3 Å². The summed E-state index contributed by atoms with van der Waals surface area (Å²) in [6, 6.07) is 12.9. The maximum atomic E-state index is 8.54. The number of hydrogen-bond acceptors (Lipinski definition) is 1. The lowest BCUT2D eigenvalue weighted by molar-refractivity contribution is 0.833. The monoisotopic (exact) mass is 289 g/mol. The van der Waals surface area contributed by atoms with Crippen LogP contribution in [0.4, 0.5) is 0 Å². The summed E-state index contributed by atoms with van der Waals surface area (Å²) in [5.74, 6) is 0. The summed E-state index contributed by atoms with van der Waals surface area (Å²) < 4.78 is 0. The molecular formula is C21H23N. The van der Waals surface area contributed by atoms with Gasteiger partial charge in [-0.3, -0.25) is 0 Å². The maximum Gasteiger partial charge on any atom is 0.0392 e. The third-order valence-corrected chi connectivity index (χ3v) is 4.48. The minimum absolute atomic E-state index is 0.773. The second-order valence-electron chi connectivity index (χ2n) is 6.10. The van der Waals surface area contributed by atoms with Crippen molar-refractivity contribution in [2.75, 3.05) is 0 Å². The molecule has 1 aliphatic rings. The molecule has 0 amide bonds. The van der Waals surface area contributed by atoms with E-state index in [1.807, 2.05) is 0 Å². The fourth-order valence-electron chi connectivity index (χ4n) is 3.17. The molecular weight excluding hydrogens is 266 g/mol. The van der Waals surface area contributed by atoms with Crippen molar-refractivity contribution in [3.8, 4) is 0 Å². The van der Waals surface area contributed by atoms with Gasteiger partial charge in [0.15, 0.2) is 0 Å². The first-order valence-corrected chi connectivity index (χ1v) is 8.18. The highest BCUT2D eigenvalue weighted by Gasteiger charge is 2.16. The Hall–Kier alpha value is -2.15. The van der Waals surface area contributed by atoms with Gasteiger partial charge in [-0.15, -0.1) is 0 Å². The Labute approximate surface area is 132 Å². The number of allylic oxidation sites excluding steroid dienone is 4. The summed E-state index contributed by atoms with van der Waals surface area (Å²) in [6.45, 7) is 4.36. The summed E-state index contributed by atoms with van der Waals surface area (Å²) in [4.78, 5) is 0. The molecule has 0 saturated carbocycles. The first-order chi connectivity index (χ1) is 10.7. The van der Waals surface area contributed by atoms with Crippen LogP contribution in [-0.4, -0.2) is 5.71 Å². The third-order valence-electron chi connectivity index (χ3n) is 4.48. The highest BCUT2D eigenvalue weighted by atomic mass is 14.4. The Morgan fingerprint density at radius 3 is 2.50 bits per heavy atom. The number of nitrogens with one attached hydrogen (secondary N) is 1. The van der Waals surface area contributed by atoms with Crippen LogP contribution < -0.4 is 0 Å². The number of hydrogen-bond donors (Lipinski definition) is 1. The molecule has 22 heavy (non-hydrogen) atoms. The molecule has 0 fully saturated rings. The van der Waals surface area contributed by atoms with Crippen LogP contribution >= 0.6 is 0 Å². The van der Waals surface area contributed by atoms with E-state index in [1.54, 1.807) is 0 Å². The average Bonchev–Trinajstić information content (AvgIpc) is 2.97. The molecule has 1 N–H and O–H groups in total. The van der Waals surface area contributed by atoms with Crippen LogP contribution in [0.1, 0.15) is 50.7 Å². The molecule has 1 nitrogen and oxygen atoms in total. The van der Waals surface area contributed by atoms with Crippen molar-refractivity contribution in [2.45, 2.75) is 39.5 Å². The number of benzene rings is 2. The Bertz CT molecular complexity index is 778. The highest BCUT2D eigenvalue weighted by Crippen LogP contribution is 2.34. The van der Waals surface area contributed by atoms with Gasteiger partial charge >= 0.3 is 0 Å². The van der Waals surface area contributed by atoms with E-state index in [9.17, 15) is 0 Å². The first kappa shape index (κ1) is 14.8. The fraction of sp³-hybridized carbons (Fsp3) is 0.286. The molecule has 0 saturated heterocycles. The number of fused-ring (bicyclic) bond motifs is 1. The lowest BCUT2D eigenvalue weighted by Crippen LogP contribution is -2.04. The van der Waals surface area contributed by atoms with Crippen LogP contribution in [0.15, 0.2) is 54.1 Å². The molecule has 3 rings (SSSR count). The van der Waals surface area contributed by atoms with E-state index in [-0.39, 0.29) is 0 Å². The quantitative estimate of drug-likeness (QED) is 0.640. The van der Waals surface area contributed by atoms with Gasteiger partial charge in [-0.05, 0) is 65.8 Å². The van der Waals surface area contributed by atoms with Crippen LogP contribution in [0.3, 0.4) is 0 Å². The Kier molecular flexibility index (Phi) is 4.24. The van der Waals surface area contributed by atoms with Crippen LogP contribution in [0, 0.1) is 5.41 Å². The lowest BCUT2D eigenvalue weighted by Gasteiger charge is -2.15. The van der Waals surface area contributed by atoms with Crippen molar-refractivity contribution in [3.05, 3.63) is 65.3 Å². The number of unbranched alkanes of at least 4 members (excludes halogenated alkanes) is 1. The van der Waals surface area contributed by atoms with Gasteiger partial charge in [0.1, 0.15) is 0 Å². The summed E-state index contributed by atoms with van der Waals surface area (Å²) >= 11 is 0. The molecule has 0 aliphatic heterocycles. The van der Waals surface area contributed by atoms with Gasteiger partial charge in [0.05, 0.1) is 0 Å². The Morgan fingerprint density at radius 2 is 1.86 bits per heavy atom. The van der Waals surface area contributed by atoms with Gasteiger partial charge in [0.25, 0.3) is 0 Å². The van der Waals surface area contributed by atoms with Gasteiger partial charge in [-0.25, -0.2) is 0 Å². The minimum atomic E-state index is 0.773. The van der Waals surface area contributed by atoms with E-state index in [0.29, 0.717) is 0 Å². The Balaban J connectivity index is 2.15. The Morgan fingerprint density at radius 1 is 1.14 bits per heavy atom. The molecule has 112 valence electrons. The van der Waals surface area contributed by atoms with Crippen LogP contribution in [0.5, 0.6) is 0 Å². The van der Waals surface area contributed by atoms with Gasteiger partial charge in [-0.2, -0.15) is 0 Å². The molecule has 1 aliphatic carbocycles. The zero-order chi connectivity index (χ0) is 15.5. The van der Waals surface area contributed by atoms with Crippen molar-refractivity contribution < 1.29 is 0 Å². The predicted molar refractivity (Wildman–Crippen MR) is 96.7 cm³/mol. The standard InChI is InChI=1S/C21H23N/c1-3-4-12-21(22)20-14-17-10-6-5-9-16(17)13-19(20)18-11-7-8-15(18)2/h5-10,13-14,22H,3-4,11-12H2,1-2H3. The van der Waals surface area contributed by atoms with Gasteiger partial charge in [-0.1, -0.05) is 49.8 Å². The second-order valence-corrected chi connectivity index (χ2v) is 6.10. The van der Waals surface area contributed by atoms with Crippen LogP contribution in [0.2, 0.25) is 0 Å². The average molecular weight is 289 g/mol. The van der Waals surface area contributed by atoms with E-state index >= 15 is 0 Å². The lowest BCUT2D eigenvalue weighted by atomic mass is 9.89. The van der Waals surface area contributed by atoms with Crippen molar-refractivity contribution in [2.24, 2.45) is 0 Å². The molecule has 0 unspecified atom stereocenters. The third kappa shape index (κ3) is 2.76. The maximum absolute atomic E-state index is 8.54. The van der Waals surface area contributed by atoms with E-state index in [2.05, 4.69) is 62.4 Å². The predicted octanol–water partition coefficient (Wildman–Crippen LogP) is 6.13. The van der Waals surface area contributed by atoms with Crippen LogP contribution in [-0.2, 0) is 0 Å². The summed E-state index contributed by atoms with van der Waals surface area (Å²) in [6.07, 6.45) is 8.49. The minimum Gasteiger partial charge on any atom is -0.305 e.